The third-order valence-corrected chi connectivity index (χ3v) is 3.73. The number of aryl methyl sites for hydroxylation is 3. The van der Waals surface area contributed by atoms with Crippen LogP contribution in [-0.4, -0.2) is 4.57 Å². The third kappa shape index (κ3) is 2.55. The van der Waals surface area contributed by atoms with Crippen LogP contribution >= 0.6 is 0 Å². The van der Waals surface area contributed by atoms with E-state index in [-0.39, 0.29) is 0 Å². The molecule has 2 aromatic carbocycles. The van der Waals surface area contributed by atoms with Gasteiger partial charge in [0.2, 0.25) is 0 Å². The summed E-state index contributed by atoms with van der Waals surface area (Å²) in [7, 11) is 2.13. The summed E-state index contributed by atoms with van der Waals surface area (Å²) >= 11 is 0. The highest BCUT2D eigenvalue weighted by Gasteiger charge is 2.05. The van der Waals surface area contributed by atoms with Crippen LogP contribution in [0.2, 0.25) is 0 Å². The molecule has 0 radical (unpaired) electrons. The highest BCUT2D eigenvalue weighted by molar-refractivity contribution is 5.83. The Balaban J connectivity index is 1.72. The van der Waals surface area contributed by atoms with Crippen molar-refractivity contribution in [1.29, 1.82) is 0 Å². The fourth-order valence-electron chi connectivity index (χ4n) is 2.75. The highest BCUT2D eigenvalue weighted by atomic mass is 14.9. The second-order valence-corrected chi connectivity index (χ2v) is 5.12. The molecule has 19 heavy (non-hydrogen) atoms. The van der Waals surface area contributed by atoms with E-state index in [0.29, 0.717) is 0 Å². The van der Waals surface area contributed by atoms with E-state index in [2.05, 4.69) is 72.4 Å². The summed E-state index contributed by atoms with van der Waals surface area (Å²) in [6, 6.07) is 19.4. The van der Waals surface area contributed by atoms with Gasteiger partial charge in [0.05, 0.1) is 0 Å². The number of para-hydroxylation sites is 1. The Labute approximate surface area is 114 Å². The molecular formula is C18H19N. The lowest BCUT2D eigenvalue weighted by Gasteiger charge is -2.01. The van der Waals surface area contributed by atoms with E-state index in [1.807, 2.05) is 0 Å². The van der Waals surface area contributed by atoms with Crippen LogP contribution in [0.1, 0.15) is 17.5 Å². The second-order valence-electron chi connectivity index (χ2n) is 5.12. The Kier molecular flexibility index (Phi) is 3.37. The smallest absolute Gasteiger partial charge is 0.0480 e. The van der Waals surface area contributed by atoms with Crippen LogP contribution in [0.15, 0.2) is 60.8 Å². The Morgan fingerprint density at radius 3 is 2.42 bits per heavy atom. The van der Waals surface area contributed by atoms with Gasteiger partial charge < -0.3 is 4.57 Å². The fraction of sp³-hybridized carbons (Fsp3) is 0.222. The molecule has 0 unspecified atom stereocenters. The Hall–Kier alpha value is -2.02. The highest BCUT2D eigenvalue weighted by Crippen LogP contribution is 2.21. The van der Waals surface area contributed by atoms with Gasteiger partial charge in [-0.2, -0.15) is 0 Å². The van der Waals surface area contributed by atoms with Crippen molar-refractivity contribution in [1.82, 2.24) is 4.57 Å². The number of hydrogen-bond donors (Lipinski definition) is 0. The first-order valence-electron chi connectivity index (χ1n) is 6.91. The minimum atomic E-state index is 1.15. The van der Waals surface area contributed by atoms with Crippen molar-refractivity contribution in [3.05, 3.63) is 71.9 Å². The molecule has 0 saturated heterocycles. The number of benzene rings is 2. The third-order valence-electron chi connectivity index (χ3n) is 3.73. The molecule has 0 spiro atoms. The van der Waals surface area contributed by atoms with Gasteiger partial charge in [-0.1, -0.05) is 48.5 Å². The van der Waals surface area contributed by atoms with Gasteiger partial charge in [-0.15, -0.1) is 0 Å². The molecule has 0 aliphatic carbocycles. The fourth-order valence-corrected chi connectivity index (χ4v) is 2.75. The summed E-state index contributed by atoms with van der Waals surface area (Å²) in [5, 5.41) is 1.40. The zero-order valence-electron chi connectivity index (χ0n) is 11.3. The molecule has 3 aromatic rings. The predicted molar refractivity (Wildman–Crippen MR) is 81.4 cm³/mol. The van der Waals surface area contributed by atoms with Gasteiger partial charge in [-0.25, -0.2) is 0 Å². The molecule has 0 bridgehead atoms. The molecule has 0 aliphatic rings. The zero-order valence-corrected chi connectivity index (χ0v) is 11.3. The second kappa shape index (κ2) is 5.31. The van der Waals surface area contributed by atoms with Crippen LogP contribution in [0.5, 0.6) is 0 Å². The summed E-state index contributed by atoms with van der Waals surface area (Å²) in [6.07, 6.45) is 5.79. The van der Waals surface area contributed by atoms with Crippen molar-refractivity contribution in [3.8, 4) is 0 Å². The molecule has 0 fully saturated rings. The first-order valence-corrected chi connectivity index (χ1v) is 6.91. The molecule has 0 amide bonds. The molecule has 1 aromatic heterocycles. The average molecular weight is 249 g/mol. The lowest BCUT2D eigenvalue weighted by molar-refractivity contribution is 0.819. The molecule has 96 valence electrons. The van der Waals surface area contributed by atoms with E-state index >= 15 is 0 Å². The molecule has 0 aliphatic heterocycles. The summed E-state index contributed by atoms with van der Waals surface area (Å²) in [6.45, 7) is 0. The van der Waals surface area contributed by atoms with Gasteiger partial charge in [0.25, 0.3) is 0 Å². The van der Waals surface area contributed by atoms with Crippen molar-refractivity contribution in [2.75, 3.05) is 0 Å². The topological polar surface area (TPSA) is 4.93 Å². The van der Waals surface area contributed by atoms with Crippen molar-refractivity contribution in [3.63, 3.8) is 0 Å². The van der Waals surface area contributed by atoms with Gasteiger partial charge in [-0.05, 0) is 36.5 Å². The SMILES string of the molecule is Cn1cc(CCCc2ccccc2)c2ccccc21. The Morgan fingerprint density at radius 1 is 0.842 bits per heavy atom. The molecule has 1 heteroatoms. The Bertz CT molecular complexity index is 664. The van der Waals surface area contributed by atoms with E-state index in [4.69, 9.17) is 0 Å². The maximum absolute atomic E-state index is 2.27. The van der Waals surface area contributed by atoms with Crippen LogP contribution in [0.4, 0.5) is 0 Å². The van der Waals surface area contributed by atoms with Crippen molar-refractivity contribution in [2.24, 2.45) is 7.05 Å². The van der Waals surface area contributed by atoms with Gasteiger partial charge in [0.1, 0.15) is 0 Å². The van der Waals surface area contributed by atoms with Crippen LogP contribution in [0.3, 0.4) is 0 Å². The van der Waals surface area contributed by atoms with Crippen molar-refractivity contribution < 1.29 is 0 Å². The van der Waals surface area contributed by atoms with Gasteiger partial charge in [-0.3, -0.25) is 0 Å². The van der Waals surface area contributed by atoms with Gasteiger partial charge >= 0.3 is 0 Å². The number of nitrogens with zero attached hydrogens (tertiary/aromatic N) is 1. The quantitative estimate of drug-likeness (QED) is 0.647. The van der Waals surface area contributed by atoms with E-state index in [1.165, 1.54) is 28.5 Å². The Morgan fingerprint density at radius 2 is 1.58 bits per heavy atom. The molecule has 3 rings (SSSR count). The lowest BCUT2D eigenvalue weighted by atomic mass is 10.0. The maximum atomic E-state index is 2.27. The van der Waals surface area contributed by atoms with E-state index in [9.17, 15) is 0 Å². The summed E-state index contributed by atoms with van der Waals surface area (Å²) < 4.78 is 2.23. The number of hydrogen-bond acceptors (Lipinski definition) is 0. The molecule has 1 nitrogen and oxygen atoms in total. The van der Waals surface area contributed by atoms with Crippen LogP contribution in [0, 0.1) is 0 Å². The van der Waals surface area contributed by atoms with Gasteiger partial charge in [0.15, 0.2) is 0 Å². The zero-order chi connectivity index (χ0) is 13.1. The predicted octanol–water partition coefficient (Wildman–Crippen LogP) is 4.35. The van der Waals surface area contributed by atoms with Crippen LogP contribution < -0.4 is 0 Å². The summed E-state index contributed by atoms with van der Waals surface area (Å²) in [5.74, 6) is 0. The molecule has 0 saturated carbocycles. The minimum absolute atomic E-state index is 1.15. The number of rotatable bonds is 4. The summed E-state index contributed by atoms with van der Waals surface area (Å²) in [5.41, 5.74) is 4.23. The first-order chi connectivity index (χ1) is 9.34. The largest absolute Gasteiger partial charge is 0.350 e. The van der Waals surface area contributed by atoms with E-state index < -0.39 is 0 Å². The minimum Gasteiger partial charge on any atom is -0.350 e. The number of aromatic nitrogens is 1. The molecule has 1 heterocycles. The number of fused-ring (bicyclic) bond motifs is 1. The standard InChI is InChI=1S/C18H19N/c1-19-14-16(17-12-5-6-13-18(17)19)11-7-10-15-8-3-2-4-9-15/h2-6,8-9,12-14H,7,10-11H2,1H3. The van der Waals surface area contributed by atoms with Gasteiger partial charge in [0, 0.05) is 24.1 Å². The van der Waals surface area contributed by atoms with Crippen molar-refractivity contribution in [2.45, 2.75) is 19.3 Å². The molecular weight excluding hydrogens is 230 g/mol. The maximum Gasteiger partial charge on any atom is 0.0480 e. The summed E-state index contributed by atoms with van der Waals surface area (Å²) in [4.78, 5) is 0. The van der Waals surface area contributed by atoms with Crippen LogP contribution in [0.25, 0.3) is 10.9 Å². The van der Waals surface area contributed by atoms with Crippen LogP contribution in [-0.2, 0) is 19.9 Å². The van der Waals surface area contributed by atoms with E-state index in [0.717, 1.165) is 12.8 Å². The van der Waals surface area contributed by atoms with E-state index in [1.54, 1.807) is 0 Å². The molecule has 0 atom stereocenters. The monoisotopic (exact) mass is 249 g/mol. The van der Waals surface area contributed by atoms with Crippen molar-refractivity contribution >= 4 is 10.9 Å². The first kappa shape index (κ1) is 12.0. The molecule has 0 N–H and O–H groups in total. The lowest BCUT2D eigenvalue weighted by Crippen LogP contribution is -1.89. The average Bonchev–Trinajstić information content (AvgIpc) is 2.78. The normalized spacial score (nSPS) is 11.0.